The van der Waals surface area contributed by atoms with E-state index in [4.69, 9.17) is 5.73 Å². The van der Waals surface area contributed by atoms with Gasteiger partial charge in [-0.05, 0) is 56.8 Å². The van der Waals surface area contributed by atoms with Crippen molar-refractivity contribution >= 4 is 5.91 Å². The molecule has 1 saturated heterocycles. The maximum absolute atomic E-state index is 13.2. The Morgan fingerprint density at radius 2 is 1.93 bits per heavy atom. The molecule has 156 valence electrons. The molecule has 3 fully saturated rings. The van der Waals surface area contributed by atoms with Crippen molar-refractivity contribution in [2.75, 3.05) is 26.2 Å². The van der Waals surface area contributed by atoms with Gasteiger partial charge in [-0.1, -0.05) is 19.1 Å². The quantitative estimate of drug-likeness (QED) is 0.837. The summed E-state index contributed by atoms with van der Waals surface area (Å²) in [6, 6.07) is 1.07. The minimum atomic E-state index is 0.0395. The van der Waals surface area contributed by atoms with E-state index >= 15 is 0 Å². The van der Waals surface area contributed by atoms with E-state index < -0.39 is 0 Å². The molecule has 0 spiro atoms. The molecule has 0 aromatic carbocycles. The van der Waals surface area contributed by atoms with Crippen LogP contribution in [0.2, 0.25) is 0 Å². The number of hydrogen-bond acceptors (Lipinski definition) is 5. The highest BCUT2D eigenvalue weighted by Crippen LogP contribution is 2.32. The van der Waals surface area contributed by atoms with Crippen LogP contribution in [-0.4, -0.2) is 69.0 Å². The molecule has 28 heavy (non-hydrogen) atoms. The third-order valence-corrected chi connectivity index (χ3v) is 6.84. The summed E-state index contributed by atoms with van der Waals surface area (Å²) in [5, 5.41) is 8.53. The molecule has 2 N–H and O–H groups in total. The lowest BCUT2D eigenvalue weighted by Gasteiger charge is -2.34. The average molecular weight is 389 g/mol. The van der Waals surface area contributed by atoms with Gasteiger partial charge in [-0.15, -0.1) is 5.10 Å². The van der Waals surface area contributed by atoms with E-state index in [1.54, 1.807) is 0 Å². The molecule has 2 heterocycles. The Hall–Kier alpha value is -1.47. The largest absolute Gasteiger partial charge is 0.336 e. The average Bonchev–Trinajstić information content (AvgIpc) is 3.41. The number of aromatic nitrogens is 3. The lowest BCUT2D eigenvalue weighted by molar-refractivity contribution is 0.0698. The first-order valence-electron chi connectivity index (χ1n) is 11.2. The summed E-state index contributed by atoms with van der Waals surface area (Å²) in [6.07, 6.45) is 9.73. The van der Waals surface area contributed by atoms with E-state index in [-0.39, 0.29) is 5.91 Å². The Morgan fingerprint density at radius 1 is 1.18 bits per heavy atom. The second-order valence-electron chi connectivity index (χ2n) is 9.51. The first kappa shape index (κ1) is 19.8. The minimum absolute atomic E-state index is 0.0395. The fourth-order valence-electron chi connectivity index (χ4n) is 4.82. The van der Waals surface area contributed by atoms with Crippen molar-refractivity contribution in [3.63, 3.8) is 0 Å². The van der Waals surface area contributed by atoms with Gasteiger partial charge in [0.15, 0.2) is 5.69 Å². The molecule has 1 atom stereocenters. The van der Waals surface area contributed by atoms with Crippen molar-refractivity contribution in [1.29, 1.82) is 0 Å². The monoisotopic (exact) mass is 388 g/mol. The maximum Gasteiger partial charge on any atom is 0.276 e. The number of nitrogens with zero attached hydrogens (tertiary/aromatic N) is 5. The lowest BCUT2D eigenvalue weighted by atomic mass is 9.92. The normalized spacial score (nSPS) is 29.9. The van der Waals surface area contributed by atoms with E-state index in [1.165, 1.54) is 19.4 Å². The number of rotatable bonds is 5. The van der Waals surface area contributed by atoms with Crippen LogP contribution in [-0.2, 0) is 0 Å². The maximum atomic E-state index is 13.2. The van der Waals surface area contributed by atoms with Crippen molar-refractivity contribution in [3.8, 4) is 0 Å². The zero-order valence-electron chi connectivity index (χ0n) is 17.5. The van der Waals surface area contributed by atoms with Crippen LogP contribution in [0.25, 0.3) is 0 Å². The molecule has 2 aliphatic carbocycles. The predicted molar refractivity (Wildman–Crippen MR) is 109 cm³/mol. The van der Waals surface area contributed by atoms with Crippen LogP contribution < -0.4 is 5.73 Å². The summed E-state index contributed by atoms with van der Waals surface area (Å²) < 4.78 is 1.90. The molecular formula is C21H36N6O. The lowest BCUT2D eigenvalue weighted by Crippen LogP contribution is -2.46. The first-order valence-corrected chi connectivity index (χ1v) is 11.2. The smallest absolute Gasteiger partial charge is 0.276 e. The molecule has 0 radical (unpaired) electrons. The summed E-state index contributed by atoms with van der Waals surface area (Å²) in [4.78, 5) is 17.8. The SMILES string of the molecule is CC(C)C1CN(C(=O)c2cn(C3CCC(N)CC3)nn2)CCCN1CC1CC1. The zero-order valence-corrected chi connectivity index (χ0v) is 17.5. The predicted octanol–water partition coefficient (Wildman–Crippen LogP) is 2.30. The fourth-order valence-corrected chi connectivity index (χ4v) is 4.82. The van der Waals surface area contributed by atoms with Crippen molar-refractivity contribution in [3.05, 3.63) is 11.9 Å². The highest BCUT2D eigenvalue weighted by atomic mass is 16.2. The van der Waals surface area contributed by atoms with Crippen LogP contribution in [0.3, 0.4) is 0 Å². The third-order valence-electron chi connectivity index (χ3n) is 6.84. The van der Waals surface area contributed by atoms with Gasteiger partial charge in [-0.3, -0.25) is 9.69 Å². The second kappa shape index (κ2) is 8.49. The summed E-state index contributed by atoms with van der Waals surface area (Å²) in [6.45, 7) is 8.47. The molecule has 1 unspecified atom stereocenters. The van der Waals surface area contributed by atoms with Crippen LogP contribution in [0.4, 0.5) is 0 Å². The van der Waals surface area contributed by atoms with Crippen LogP contribution in [0.15, 0.2) is 6.20 Å². The molecule has 7 heteroatoms. The zero-order chi connectivity index (χ0) is 19.7. The van der Waals surface area contributed by atoms with Gasteiger partial charge in [-0.25, -0.2) is 4.68 Å². The van der Waals surface area contributed by atoms with Crippen LogP contribution in [0.1, 0.15) is 75.3 Å². The van der Waals surface area contributed by atoms with Gasteiger partial charge < -0.3 is 10.6 Å². The van der Waals surface area contributed by atoms with Gasteiger partial charge in [-0.2, -0.15) is 0 Å². The van der Waals surface area contributed by atoms with Crippen molar-refractivity contribution in [1.82, 2.24) is 24.8 Å². The van der Waals surface area contributed by atoms with E-state index in [1.807, 2.05) is 15.8 Å². The molecule has 2 saturated carbocycles. The van der Waals surface area contributed by atoms with Crippen molar-refractivity contribution in [2.24, 2.45) is 17.6 Å². The Morgan fingerprint density at radius 3 is 2.61 bits per heavy atom. The van der Waals surface area contributed by atoms with Gasteiger partial charge in [0.1, 0.15) is 0 Å². The molecule has 1 aromatic heterocycles. The van der Waals surface area contributed by atoms with Gasteiger partial charge in [0, 0.05) is 38.3 Å². The highest BCUT2D eigenvalue weighted by Gasteiger charge is 2.34. The van der Waals surface area contributed by atoms with E-state index in [2.05, 4.69) is 29.1 Å². The van der Waals surface area contributed by atoms with E-state index in [9.17, 15) is 4.79 Å². The van der Waals surface area contributed by atoms with E-state index in [0.29, 0.717) is 29.7 Å². The Kier molecular flexibility index (Phi) is 6.01. The highest BCUT2D eigenvalue weighted by molar-refractivity contribution is 5.92. The van der Waals surface area contributed by atoms with Crippen LogP contribution in [0.5, 0.6) is 0 Å². The van der Waals surface area contributed by atoms with Crippen LogP contribution in [0, 0.1) is 11.8 Å². The van der Waals surface area contributed by atoms with Gasteiger partial charge in [0.05, 0.1) is 12.2 Å². The van der Waals surface area contributed by atoms with Gasteiger partial charge in [0.25, 0.3) is 5.91 Å². The van der Waals surface area contributed by atoms with Crippen LogP contribution >= 0.6 is 0 Å². The number of hydrogen-bond donors (Lipinski definition) is 1. The van der Waals surface area contributed by atoms with Gasteiger partial charge >= 0.3 is 0 Å². The summed E-state index contributed by atoms with van der Waals surface area (Å²) in [5.74, 6) is 1.46. The molecular weight excluding hydrogens is 352 g/mol. The number of carbonyl (C=O) groups is 1. The summed E-state index contributed by atoms with van der Waals surface area (Å²) >= 11 is 0. The van der Waals surface area contributed by atoms with Gasteiger partial charge in [0.2, 0.25) is 0 Å². The first-order chi connectivity index (χ1) is 13.5. The second-order valence-corrected chi connectivity index (χ2v) is 9.51. The Labute approximate surface area is 168 Å². The summed E-state index contributed by atoms with van der Waals surface area (Å²) in [5.41, 5.74) is 6.51. The van der Waals surface area contributed by atoms with Crippen molar-refractivity contribution in [2.45, 2.75) is 76.9 Å². The van der Waals surface area contributed by atoms with E-state index in [0.717, 1.165) is 57.7 Å². The minimum Gasteiger partial charge on any atom is -0.336 e. The molecule has 1 aromatic rings. The Bertz CT molecular complexity index is 662. The number of carbonyl (C=O) groups excluding carboxylic acids is 1. The molecule has 0 bridgehead atoms. The molecule has 1 amide bonds. The Balaban J connectivity index is 1.42. The fraction of sp³-hybridized carbons (Fsp3) is 0.857. The molecule has 3 aliphatic rings. The summed E-state index contributed by atoms with van der Waals surface area (Å²) in [7, 11) is 0. The topological polar surface area (TPSA) is 80.3 Å². The molecule has 4 rings (SSSR count). The standard InChI is InChI=1S/C21H36N6O/c1-15(2)20-14-26(11-3-10-25(20)12-16-4-5-16)21(28)19-13-27(24-23-19)18-8-6-17(22)7-9-18/h13,15-18,20H,3-12,14,22H2,1-2H3. The molecule has 1 aliphatic heterocycles. The number of nitrogens with two attached hydrogens (primary N) is 1. The number of amides is 1. The van der Waals surface area contributed by atoms with Crippen molar-refractivity contribution < 1.29 is 4.79 Å². The molecule has 7 nitrogen and oxygen atoms in total. The third kappa shape index (κ3) is 4.57.